The van der Waals surface area contributed by atoms with Gasteiger partial charge in [0, 0.05) is 20.4 Å². The summed E-state index contributed by atoms with van der Waals surface area (Å²) in [5.74, 6) is -1.37. The van der Waals surface area contributed by atoms with E-state index in [1.807, 2.05) is 0 Å². The van der Waals surface area contributed by atoms with Crippen molar-refractivity contribution < 1.29 is 35.1 Å². The second-order valence-electron chi connectivity index (χ2n) is 1.27. The van der Waals surface area contributed by atoms with Gasteiger partial charge in [-0.3, -0.25) is 9.59 Å². The number of aliphatic carboxylic acids is 1. The number of carbonyl (C=O) groups is 2. The average Bonchev–Trinajstić information content (AvgIpc) is 1.27. The van der Waals surface area contributed by atoms with Gasteiger partial charge in [0.15, 0.2) is 0 Å². The Morgan fingerprint density at radius 1 is 1.50 bits per heavy atom. The maximum absolute atomic E-state index is 9.87. The van der Waals surface area contributed by atoms with E-state index in [0.717, 1.165) is 0 Å². The Morgan fingerprint density at radius 3 is 1.88 bits per heavy atom. The number of Topliss-reactive ketones (excluding diaryl/α,β-unsaturated/α-hetero) is 1. The van der Waals surface area contributed by atoms with Gasteiger partial charge < -0.3 is 5.11 Å². The number of carbonyl (C=O) groups excluding carboxylic acids is 1. The van der Waals surface area contributed by atoms with Crippen LogP contribution < -0.4 is 0 Å². The molecular formula is C4H6O3Pd. The second kappa shape index (κ2) is 4.95. The van der Waals surface area contributed by atoms with Gasteiger partial charge in [-0.2, -0.15) is 0 Å². The molecule has 0 unspecified atom stereocenters. The van der Waals surface area contributed by atoms with Crippen molar-refractivity contribution in [1.29, 1.82) is 0 Å². The zero-order valence-electron chi connectivity index (χ0n) is 4.29. The maximum atomic E-state index is 9.87. The fraction of sp³-hybridized carbons (Fsp3) is 0.500. The van der Waals surface area contributed by atoms with Crippen LogP contribution in [-0.2, 0) is 30.0 Å². The Bertz CT molecular complexity index is 87.5. The van der Waals surface area contributed by atoms with E-state index >= 15 is 0 Å². The first kappa shape index (κ1) is 10.7. The third-order valence-electron chi connectivity index (χ3n) is 0.400. The molecule has 0 heterocycles. The van der Waals surface area contributed by atoms with Gasteiger partial charge in [0.05, 0.1) is 0 Å². The topological polar surface area (TPSA) is 54.4 Å². The van der Waals surface area contributed by atoms with Crippen LogP contribution in [0.25, 0.3) is 0 Å². The monoisotopic (exact) mass is 208 g/mol. The van der Waals surface area contributed by atoms with E-state index < -0.39 is 5.97 Å². The summed E-state index contributed by atoms with van der Waals surface area (Å²) >= 11 is 0. The van der Waals surface area contributed by atoms with E-state index in [4.69, 9.17) is 5.11 Å². The van der Waals surface area contributed by atoms with Crippen molar-refractivity contribution in [2.45, 2.75) is 13.3 Å². The summed E-state index contributed by atoms with van der Waals surface area (Å²) < 4.78 is 0. The fourth-order valence-corrected chi connectivity index (χ4v) is 0.213. The van der Waals surface area contributed by atoms with Crippen molar-refractivity contribution in [1.82, 2.24) is 0 Å². The van der Waals surface area contributed by atoms with Gasteiger partial charge in [-0.25, -0.2) is 0 Å². The molecular weight excluding hydrogens is 202 g/mol. The molecule has 0 saturated heterocycles. The smallest absolute Gasteiger partial charge is 0.310 e. The zero-order valence-corrected chi connectivity index (χ0v) is 5.84. The van der Waals surface area contributed by atoms with Crippen LogP contribution in [0.15, 0.2) is 0 Å². The molecule has 0 aliphatic rings. The first-order valence-corrected chi connectivity index (χ1v) is 1.84. The van der Waals surface area contributed by atoms with Crippen molar-refractivity contribution >= 4 is 11.8 Å². The number of carboxylic acids is 1. The number of ketones is 1. The molecule has 0 aromatic carbocycles. The molecule has 0 aromatic rings. The summed E-state index contributed by atoms with van der Waals surface area (Å²) in [6, 6.07) is 0. The van der Waals surface area contributed by atoms with Crippen LogP contribution in [0.2, 0.25) is 0 Å². The van der Waals surface area contributed by atoms with Gasteiger partial charge in [0.2, 0.25) is 0 Å². The normalized spacial score (nSPS) is 7.12. The fourth-order valence-electron chi connectivity index (χ4n) is 0.213. The molecule has 0 atom stereocenters. The van der Waals surface area contributed by atoms with Crippen molar-refractivity contribution in [3.05, 3.63) is 0 Å². The van der Waals surface area contributed by atoms with Crippen LogP contribution in [0.4, 0.5) is 0 Å². The Balaban J connectivity index is 0. The molecule has 0 spiro atoms. The Hall–Kier alpha value is -0.198. The summed E-state index contributed by atoms with van der Waals surface area (Å²) in [6.45, 7) is 1.24. The third kappa shape index (κ3) is 9.26. The SMILES string of the molecule is CC(=O)CC(=O)O.[Pd]. The molecule has 0 fully saturated rings. The minimum Gasteiger partial charge on any atom is -0.481 e. The van der Waals surface area contributed by atoms with Gasteiger partial charge >= 0.3 is 5.97 Å². The van der Waals surface area contributed by atoms with Crippen LogP contribution in [-0.4, -0.2) is 16.9 Å². The van der Waals surface area contributed by atoms with Crippen LogP contribution >= 0.6 is 0 Å². The van der Waals surface area contributed by atoms with Gasteiger partial charge in [0.25, 0.3) is 0 Å². The minimum atomic E-state index is -1.06. The summed E-state index contributed by atoms with van der Waals surface area (Å²) in [5, 5.41) is 7.86. The Morgan fingerprint density at radius 2 is 1.88 bits per heavy atom. The van der Waals surface area contributed by atoms with E-state index in [0.29, 0.717) is 0 Å². The van der Waals surface area contributed by atoms with Gasteiger partial charge in [-0.1, -0.05) is 0 Å². The van der Waals surface area contributed by atoms with Crippen LogP contribution in [0, 0.1) is 0 Å². The molecule has 4 heteroatoms. The molecule has 0 bridgehead atoms. The standard InChI is InChI=1S/C4H6O3.Pd/c1-3(5)2-4(6)7;/h2H2,1H3,(H,6,7);. The van der Waals surface area contributed by atoms with Crippen LogP contribution in [0.5, 0.6) is 0 Å². The average molecular weight is 209 g/mol. The molecule has 0 aliphatic carbocycles. The van der Waals surface area contributed by atoms with E-state index in [-0.39, 0.29) is 32.6 Å². The van der Waals surface area contributed by atoms with Crippen molar-refractivity contribution in [3.63, 3.8) is 0 Å². The minimum absolute atomic E-state index is 0. The van der Waals surface area contributed by atoms with Crippen molar-refractivity contribution in [2.24, 2.45) is 0 Å². The van der Waals surface area contributed by atoms with E-state index in [1.54, 1.807) is 0 Å². The molecule has 0 aromatic heterocycles. The number of rotatable bonds is 2. The molecule has 8 heavy (non-hydrogen) atoms. The molecule has 0 radical (unpaired) electrons. The van der Waals surface area contributed by atoms with Crippen molar-refractivity contribution in [2.75, 3.05) is 0 Å². The van der Waals surface area contributed by atoms with Gasteiger partial charge in [-0.05, 0) is 6.92 Å². The molecule has 0 aliphatic heterocycles. The quantitative estimate of drug-likeness (QED) is 0.515. The molecule has 50 valence electrons. The first-order valence-electron chi connectivity index (χ1n) is 1.84. The second-order valence-corrected chi connectivity index (χ2v) is 1.27. The van der Waals surface area contributed by atoms with E-state index in [9.17, 15) is 9.59 Å². The largest absolute Gasteiger partial charge is 0.481 e. The zero-order chi connectivity index (χ0) is 5.86. The summed E-state index contributed by atoms with van der Waals surface area (Å²) in [4.78, 5) is 19.5. The summed E-state index contributed by atoms with van der Waals surface area (Å²) in [7, 11) is 0. The molecule has 0 rings (SSSR count). The predicted molar refractivity (Wildman–Crippen MR) is 22.9 cm³/mol. The molecule has 0 amide bonds. The Kier molecular flexibility index (Phi) is 6.63. The Labute approximate surface area is 60.7 Å². The molecule has 3 nitrogen and oxygen atoms in total. The van der Waals surface area contributed by atoms with Crippen molar-refractivity contribution in [3.8, 4) is 0 Å². The van der Waals surface area contributed by atoms with Crippen LogP contribution in [0.1, 0.15) is 13.3 Å². The number of hydrogen-bond acceptors (Lipinski definition) is 2. The molecule has 1 N–H and O–H groups in total. The first-order chi connectivity index (χ1) is 3.13. The van der Waals surface area contributed by atoms with E-state index in [2.05, 4.69) is 0 Å². The van der Waals surface area contributed by atoms with Crippen LogP contribution in [0.3, 0.4) is 0 Å². The number of hydrogen-bond donors (Lipinski definition) is 1. The summed E-state index contributed by atoms with van der Waals surface area (Å²) in [6.07, 6.45) is -0.361. The van der Waals surface area contributed by atoms with Gasteiger partial charge in [0.1, 0.15) is 12.2 Å². The maximum Gasteiger partial charge on any atom is 0.310 e. The predicted octanol–water partition coefficient (Wildman–Crippen LogP) is 0.0476. The third-order valence-corrected chi connectivity index (χ3v) is 0.400. The summed E-state index contributed by atoms with van der Waals surface area (Å²) in [5.41, 5.74) is 0. The van der Waals surface area contributed by atoms with Gasteiger partial charge in [-0.15, -0.1) is 0 Å². The van der Waals surface area contributed by atoms with E-state index in [1.165, 1.54) is 6.92 Å². The molecule has 0 saturated carbocycles. The number of carboxylic acid groups (broad SMARTS) is 1.